The summed E-state index contributed by atoms with van der Waals surface area (Å²) in [5, 5.41) is 9.86. The molecule has 1 aromatic carbocycles. The van der Waals surface area contributed by atoms with Crippen molar-refractivity contribution in [2.24, 2.45) is 10.3 Å². The number of rotatable bonds is 6. The molecular weight excluding hydrogens is 424 g/mol. The van der Waals surface area contributed by atoms with Crippen molar-refractivity contribution in [1.29, 1.82) is 5.26 Å². The summed E-state index contributed by atoms with van der Waals surface area (Å²) in [6.45, 7) is 4.64. The topological polar surface area (TPSA) is 114 Å². The summed E-state index contributed by atoms with van der Waals surface area (Å²) in [7, 11) is -2.89. The van der Waals surface area contributed by atoms with Crippen LogP contribution < -0.4 is 4.74 Å². The zero-order chi connectivity index (χ0) is 21.7. The van der Waals surface area contributed by atoms with Crippen LogP contribution in [0.3, 0.4) is 0 Å². The maximum atomic E-state index is 11.8. The fourth-order valence-electron chi connectivity index (χ4n) is 2.93. The molecular formula is C20H18N4O4S2. The Morgan fingerprint density at radius 2 is 2.17 bits per heavy atom. The highest BCUT2D eigenvalue weighted by Crippen LogP contribution is 2.40. The molecule has 10 heteroatoms. The van der Waals surface area contributed by atoms with Gasteiger partial charge in [-0.15, -0.1) is 11.3 Å². The van der Waals surface area contributed by atoms with E-state index in [2.05, 4.69) is 29.3 Å². The second-order valence-electron chi connectivity index (χ2n) is 6.91. The lowest BCUT2D eigenvalue weighted by atomic mass is 10.00. The Kier molecular flexibility index (Phi) is 6.76. The van der Waals surface area contributed by atoms with Gasteiger partial charge in [-0.05, 0) is 35.6 Å². The average Bonchev–Trinajstić information content (AvgIpc) is 3.31. The number of ether oxygens (including phenoxy) is 1. The molecule has 3 aromatic rings. The number of imidazole rings is 1. The Morgan fingerprint density at radius 1 is 1.37 bits per heavy atom. The van der Waals surface area contributed by atoms with Crippen molar-refractivity contribution in [1.82, 2.24) is 9.55 Å². The standard InChI is InChI=1S/C20H18N4O4S2/c1-13(2)7-17-9-18(19(29-17)28-20(25)23-30(26)27)14-3-4-15(16(8-14)10-21)11-24-6-5-22-12-24/h3-6,8-9,12-13H,7,11H2,1-2H3. The zero-order valence-electron chi connectivity index (χ0n) is 16.3. The first-order chi connectivity index (χ1) is 14.4. The van der Waals surface area contributed by atoms with Gasteiger partial charge in [0.2, 0.25) is 0 Å². The molecule has 0 aliphatic heterocycles. The Hall–Kier alpha value is -3.29. The number of aromatic nitrogens is 2. The monoisotopic (exact) mass is 442 g/mol. The molecule has 2 heterocycles. The molecule has 3 rings (SSSR count). The first kappa shape index (κ1) is 21.4. The molecule has 1 amide bonds. The van der Waals surface area contributed by atoms with Crippen molar-refractivity contribution in [3.05, 3.63) is 59.0 Å². The lowest BCUT2D eigenvalue weighted by Crippen LogP contribution is -2.01. The summed E-state index contributed by atoms with van der Waals surface area (Å²) in [5.41, 5.74) is 2.62. The van der Waals surface area contributed by atoms with Crippen molar-refractivity contribution < 1.29 is 17.9 Å². The molecule has 30 heavy (non-hydrogen) atoms. The predicted octanol–water partition coefficient (Wildman–Crippen LogP) is 4.29. The van der Waals surface area contributed by atoms with E-state index in [0.717, 1.165) is 16.9 Å². The molecule has 0 bridgehead atoms. The van der Waals surface area contributed by atoms with Crippen LogP contribution in [0.5, 0.6) is 5.06 Å². The van der Waals surface area contributed by atoms with Gasteiger partial charge in [-0.2, -0.15) is 13.7 Å². The van der Waals surface area contributed by atoms with E-state index in [-0.39, 0.29) is 5.06 Å². The largest absolute Gasteiger partial charge is 0.455 e. The van der Waals surface area contributed by atoms with Crippen molar-refractivity contribution in [3.8, 4) is 22.3 Å². The SMILES string of the molecule is CC(C)Cc1cc(-c2ccc(Cn3ccnc3)c(C#N)c2)c(OC(=O)N=S(=O)=O)s1. The van der Waals surface area contributed by atoms with Crippen LogP contribution in [-0.2, 0) is 23.5 Å². The number of benzene rings is 1. The molecule has 0 unspecified atom stereocenters. The first-order valence-electron chi connectivity index (χ1n) is 9.00. The van der Waals surface area contributed by atoms with E-state index < -0.39 is 16.6 Å². The van der Waals surface area contributed by atoms with Crippen molar-refractivity contribution >= 4 is 27.9 Å². The number of thiophene rings is 1. The van der Waals surface area contributed by atoms with Gasteiger partial charge in [0.05, 0.1) is 18.0 Å². The van der Waals surface area contributed by atoms with Crippen LogP contribution >= 0.6 is 11.3 Å². The number of nitrogens with zero attached hydrogens (tertiary/aromatic N) is 4. The van der Waals surface area contributed by atoms with Gasteiger partial charge >= 0.3 is 16.6 Å². The quantitative estimate of drug-likeness (QED) is 0.562. The van der Waals surface area contributed by atoms with Crippen LogP contribution in [0.25, 0.3) is 11.1 Å². The highest BCUT2D eigenvalue weighted by Gasteiger charge is 2.18. The van der Waals surface area contributed by atoms with E-state index in [9.17, 15) is 18.5 Å². The molecule has 0 saturated carbocycles. The van der Waals surface area contributed by atoms with Gasteiger partial charge in [-0.3, -0.25) is 0 Å². The molecule has 0 N–H and O–H groups in total. The smallest absolute Gasteiger partial charge is 0.396 e. The summed E-state index contributed by atoms with van der Waals surface area (Å²) < 4.78 is 31.2. The summed E-state index contributed by atoms with van der Waals surface area (Å²) >= 11 is 1.26. The highest BCUT2D eigenvalue weighted by atomic mass is 32.2. The van der Waals surface area contributed by atoms with E-state index in [4.69, 9.17) is 4.74 Å². The third-order valence-electron chi connectivity index (χ3n) is 4.14. The van der Waals surface area contributed by atoms with Crippen LogP contribution in [0.4, 0.5) is 4.79 Å². The third-order valence-corrected chi connectivity index (χ3v) is 5.47. The molecule has 2 aromatic heterocycles. The first-order valence-corrected chi connectivity index (χ1v) is 10.8. The number of carbonyl (C=O) groups excluding carboxylic acids is 1. The Morgan fingerprint density at radius 3 is 2.80 bits per heavy atom. The van der Waals surface area contributed by atoms with Crippen molar-refractivity contribution in [2.45, 2.75) is 26.8 Å². The summed E-state index contributed by atoms with van der Waals surface area (Å²) in [6.07, 6.45) is 4.71. The lowest BCUT2D eigenvalue weighted by molar-refractivity contribution is 0.213. The minimum absolute atomic E-state index is 0.246. The van der Waals surface area contributed by atoms with Gasteiger partial charge in [0, 0.05) is 29.4 Å². The number of hydrogen-bond acceptors (Lipinski definition) is 7. The van der Waals surface area contributed by atoms with E-state index >= 15 is 0 Å². The van der Waals surface area contributed by atoms with Crippen LogP contribution in [0.2, 0.25) is 0 Å². The van der Waals surface area contributed by atoms with Gasteiger partial charge in [0.15, 0.2) is 5.06 Å². The molecule has 0 aliphatic rings. The number of amides is 1. The van der Waals surface area contributed by atoms with Crippen LogP contribution in [0.1, 0.15) is 29.9 Å². The maximum Gasteiger partial charge on any atom is 0.455 e. The zero-order valence-corrected chi connectivity index (χ0v) is 17.9. The fourth-order valence-corrected chi connectivity index (χ4v) is 4.32. The summed E-state index contributed by atoms with van der Waals surface area (Å²) in [4.78, 5) is 16.7. The highest BCUT2D eigenvalue weighted by molar-refractivity contribution is 7.62. The van der Waals surface area contributed by atoms with Crippen molar-refractivity contribution in [2.75, 3.05) is 0 Å². The number of carbonyl (C=O) groups is 1. The lowest BCUT2D eigenvalue weighted by Gasteiger charge is -2.08. The van der Waals surface area contributed by atoms with Crippen LogP contribution in [0.15, 0.2) is 47.3 Å². The normalized spacial score (nSPS) is 10.6. The Labute approximate surface area is 179 Å². The molecule has 0 saturated heterocycles. The fraction of sp³-hybridized carbons (Fsp3) is 0.250. The molecule has 0 aliphatic carbocycles. The van der Waals surface area contributed by atoms with Crippen molar-refractivity contribution in [3.63, 3.8) is 0 Å². The van der Waals surface area contributed by atoms with Gasteiger partial charge < -0.3 is 9.30 Å². The molecule has 0 radical (unpaired) electrons. The molecule has 154 valence electrons. The molecule has 0 spiro atoms. The van der Waals surface area contributed by atoms with E-state index in [1.54, 1.807) is 18.6 Å². The number of hydrogen-bond donors (Lipinski definition) is 0. The average molecular weight is 443 g/mol. The maximum absolute atomic E-state index is 11.8. The molecule has 0 atom stereocenters. The number of nitriles is 1. The Balaban J connectivity index is 2.00. The second-order valence-corrected chi connectivity index (χ2v) is 8.62. The van der Waals surface area contributed by atoms with Gasteiger partial charge in [0.25, 0.3) is 0 Å². The van der Waals surface area contributed by atoms with Gasteiger partial charge in [-0.1, -0.05) is 30.3 Å². The van der Waals surface area contributed by atoms with E-state index in [0.29, 0.717) is 29.2 Å². The van der Waals surface area contributed by atoms with Gasteiger partial charge in [0.1, 0.15) is 0 Å². The minimum Gasteiger partial charge on any atom is -0.396 e. The summed E-state index contributed by atoms with van der Waals surface area (Å²) in [6, 6.07) is 9.52. The van der Waals surface area contributed by atoms with Crippen LogP contribution in [-0.4, -0.2) is 24.1 Å². The minimum atomic E-state index is -2.89. The third kappa shape index (κ3) is 5.40. The Bertz CT molecular complexity index is 1230. The van der Waals surface area contributed by atoms with Gasteiger partial charge in [-0.25, -0.2) is 9.78 Å². The predicted molar refractivity (Wildman–Crippen MR) is 112 cm³/mol. The van der Waals surface area contributed by atoms with Crippen LogP contribution in [0, 0.1) is 17.2 Å². The summed E-state index contributed by atoms with van der Waals surface area (Å²) in [5.74, 6) is 0.381. The molecule has 8 nitrogen and oxygen atoms in total. The molecule has 0 fully saturated rings. The second kappa shape index (κ2) is 9.47. The van der Waals surface area contributed by atoms with E-state index in [1.807, 2.05) is 29.0 Å². The van der Waals surface area contributed by atoms with E-state index in [1.165, 1.54) is 11.3 Å².